The second-order valence-corrected chi connectivity index (χ2v) is 5.93. The average molecular weight is 212 g/mol. The Morgan fingerprint density at radius 3 is 2.67 bits per heavy atom. The van der Waals surface area contributed by atoms with Gasteiger partial charge in [0.2, 0.25) is 0 Å². The highest BCUT2D eigenvalue weighted by Gasteiger charge is 2.28. The minimum atomic E-state index is 0.246. The number of nitrogens with zero attached hydrogens (tertiary/aromatic N) is 1. The lowest BCUT2D eigenvalue weighted by molar-refractivity contribution is 0.107. The standard InChI is InChI=1S/C13H28N2/c1-5-12-7-6-8-15(9-12)10-13(3,4)11(2)14/h11-12H,5-10,14H2,1-4H3. The first kappa shape index (κ1) is 13.0. The van der Waals surface area contributed by atoms with Crippen LogP contribution in [0.2, 0.25) is 0 Å². The van der Waals surface area contributed by atoms with Crippen LogP contribution in [0.15, 0.2) is 0 Å². The molecule has 15 heavy (non-hydrogen) atoms. The molecule has 1 heterocycles. The fourth-order valence-corrected chi connectivity index (χ4v) is 2.35. The van der Waals surface area contributed by atoms with Crippen molar-refractivity contribution in [2.75, 3.05) is 19.6 Å². The van der Waals surface area contributed by atoms with Gasteiger partial charge < -0.3 is 10.6 Å². The van der Waals surface area contributed by atoms with Crippen molar-refractivity contribution in [1.29, 1.82) is 0 Å². The number of hydrogen-bond acceptors (Lipinski definition) is 2. The molecule has 0 saturated carbocycles. The second-order valence-electron chi connectivity index (χ2n) is 5.93. The van der Waals surface area contributed by atoms with Crippen LogP contribution in [0.4, 0.5) is 0 Å². The third-order valence-electron chi connectivity index (χ3n) is 4.04. The Bertz CT molecular complexity index is 187. The lowest BCUT2D eigenvalue weighted by Crippen LogP contribution is -2.47. The van der Waals surface area contributed by atoms with Crippen LogP contribution in [-0.4, -0.2) is 30.6 Å². The third-order valence-corrected chi connectivity index (χ3v) is 4.04. The van der Waals surface area contributed by atoms with Crippen LogP contribution in [0.1, 0.15) is 47.0 Å². The fourth-order valence-electron chi connectivity index (χ4n) is 2.35. The van der Waals surface area contributed by atoms with Crippen molar-refractivity contribution in [3.63, 3.8) is 0 Å². The maximum atomic E-state index is 6.03. The molecule has 0 aromatic heterocycles. The van der Waals surface area contributed by atoms with Gasteiger partial charge in [-0.2, -0.15) is 0 Å². The van der Waals surface area contributed by atoms with Crippen LogP contribution < -0.4 is 5.73 Å². The van der Waals surface area contributed by atoms with Crippen molar-refractivity contribution in [3.05, 3.63) is 0 Å². The van der Waals surface area contributed by atoms with Gasteiger partial charge in [0.15, 0.2) is 0 Å². The van der Waals surface area contributed by atoms with Crippen molar-refractivity contribution in [2.45, 2.75) is 53.0 Å². The van der Waals surface area contributed by atoms with E-state index in [1.54, 1.807) is 0 Å². The van der Waals surface area contributed by atoms with Gasteiger partial charge in [-0.1, -0.05) is 27.2 Å². The molecule has 90 valence electrons. The zero-order valence-corrected chi connectivity index (χ0v) is 10.9. The normalized spacial score (nSPS) is 26.6. The minimum Gasteiger partial charge on any atom is -0.327 e. The van der Waals surface area contributed by atoms with E-state index in [0.717, 1.165) is 12.5 Å². The maximum Gasteiger partial charge on any atom is 0.00739 e. The van der Waals surface area contributed by atoms with E-state index in [1.165, 1.54) is 32.4 Å². The highest BCUT2D eigenvalue weighted by atomic mass is 15.1. The predicted octanol–water partition coefficient (Wildman–Crippen LogP) is 2.48. The van der Waals surface area contributed by atoms with Crippen LogP contribution in [0.5, 0.6) is 0 Å². The molecule has 1 fully saturated rings. The molecule has 0 amide bonds. The zero-order chi connectivity index (χ0) is 11.5. The zero-order valence-electron chi connectivity index (χ0n) is 10.9. The molecule has 0 radical (unpaired) electrons. The van der Waals surface area contributed by atoms with E-state index < -0.39 is 0 Å². The summed E-state index contributed by atoms with van der Waals surface area (Å²) < 4.78 is 0. The number of nitrogens with two attached hydrogens (primary N) is 1. The van der Waals surface area contributed by atoms with Gasteiger partial charge in [0.1, 0.15) is 0 Å². The molecule has 0 aliphatic carbocycles. The molecule has 0 spiro atoms. The molecule has 1 rings (SSSR count). The summed E-state index contributed by atoms with van der Waals surface area (Å²) in [7, 11) is 0. The van der Waals surface area contributed by atoms with E-state index in [2.05, 4.69) is 32.6 Å². The van der Waals surface area contributed by atoms with Crippen LogP contribution in [0.3, 0.4) is 0 Å². The summed E-state index contributed by atoms with van der Waals surface area (Å²) in [6, 6.07) is 0.277. The van der Waals surface area contributed by atoms with Crippen molar-refractivity contribution in [2.24, 2.45) is 17.1 Å². The topological polar surface area (TPSA) is 29.3 Å². The Kier molecular flexibility index (Phi) is 4.60. The monoisotopic (exact) mass is 212 g/mol. The second kappa shape index (κ2) is 5.31. The van der Waals surface area contributed by atoms with E-state index >= 15 is 0 Å². The smallest absolute Gasteiger partial charge is 0.00739 e. The lowest BCUT2D eigenvalue weighted by atomic mass is 9.84. The molecule has 1 aliphatic rings. The molecular formula is C13H28N2. The molecule has 0 bridgehead atoms. The Morgan fingerprint density at radius 1 is 1.47 bits per heavy atom. The van der Waals surface area contributed by atoms with Gasteiger partial charge in [0.25, 0.3) is 0 Å². The maximum absolute atomic E-state index is 6.03. The van der Waals surface area contributed by atoms with E-state index in [9.17, 15) is 0 Å². The number of piperidine rings is 1. The summed E-state index contributed by atoms with van der Waals surface area (Å²) in [5.41, 5.74) is 6.27. The molecular weight excluding hydrogens is 184 g/mol. The van der Waals surface area contributed by atoms with Gasteiger partial charge in [0.05, 0.1) is 0 Å². The van der Waals surface area contributed by atoms with Crippen molar-refractivity contribution < 1.29 is 0 Å². The first-order valence-electron chi connectivity index (χ1n) is 6.43. The van der Waals surface area contributed by atoms with Gasteiger partial charge in [-0.05, 0) is 37.6 Å². The summed E-state index contributed by atoms with van der Waals surface area (Å²) in [6.45, 7) is 12.7. The molecule has 2 atom stereocenters. The van der Waals surface area contributed by atoms with E-state index in [1.807, 2.05) is 0 Å². The number of hydrogen-bond donors (Lipinski definition) is 1. The average Bonchev–Trinajstić information content (AvgIpc) is 2.17. The van der Waals surface area contributed by atoms with E-state index in [0.29, 0.717) is 0 Å². The number of likely N-dealkylation sites (tertiary alicyclic amines) is 1. The first-order chi connectivity index (χ1) is 6.95. The molecule has 2 unspecified atom stereocenters. The molecule has 2 heteroatoms. The molecule has 0 aromatic rings. The molecule has 1 aliphatic heterocycles. The van der Waals surface area contributed by atoms with E-state index in [-0.39, 0.29) is 11.5 Å². The molecule has 2 nitrogen and oxygen atoms in total. The summed E-state index contributed by atoms with van der Waals surface area (Å²) in [5, 5.41) is 0. The van der Waals surface area contributed by atoms with Gasteiger partial charge >= 0.3 is 0 Å². The van der Waals surface area contributed by atoms with Gasteiger partial charge in [-0.3, -0.25) is 0 Å². The lowest BCUT2D eigenvalue weighted by Gasteiger charge is -2.39. The Labute approximate surface area is 95.2 Å². The van der Waals surface area contributed by atoms with Crippen molar-refractivity contribution >= 4 is 0 Å². The quantitative estimate of drug-likeness (QED) is 0.776. The largest absolute Gasteiger partial charge is 0.327 e. The summed E-state index contributed by atoms with van der Waals surface area (Å²) in [4.78, 5) is 2.61. The molecule has 2 N–H and O–H groups in total. The fraction of sp³-hybridized carbons (Fsp3) is 1.00. The van der Waals surface area contributed by atoms with Crippen molar-refractivity contribution in [3.8, 4) is 0 Å². The Hall–Kier alpha value is -0.0800. The highest BCUT2D eigenvalue weighted by molar-refractivity contribution is 4.83. The first-order valence-corrected chi connectivity index (χ1v) is 6.43. The van der Waals surface area contributed by atoms with E-state index in [4.69, 9.17) is 5.73 Å². The molecule has 1 saturated heterocycles. The number of rotatable bonds is 4. The van der Waals surface area contributed by atoms with Crippen LogP contribution >= 0.6 is 0 Å². The van der Waals surface area contributed by atoms with Crippen LogP contribution in [0, 0.1) is 11.3 Å². The van der Waals surface area contributed by atoms with Gasteiger partial charge in [0, 0.05) is 19.1 Å². The SMILES string of the molecule is CCC1CCCN(CC(C)(C)C(C)N)C1. The van der Waals surface area contributed by atoms with Gasteiger partial charge in [-0.15, -0.1) is 0 Å². The predicted molar refractivity (Wildman–Crippen MR) is 66.9 cm³/mol. The molecule has 0 aromatic carbocycles. The Morgan fingerprint density at radius 2 is 2.13 bits per heavy atom. The van der Waals surface area contributed by atoms with Crippen LogP contribution in [0.25, 0.3) is 0 Å². The minimum absolute atomic E-state index is 0.246. The summed E-state index contributed by atoms with van der Waals surface area (Å²) in [6.07, 6.45) is 4.12. The van der Waals surface area contributed by atoms with Gasteiger partial charge in [-0.25, -0.2) is 0 Å². The summed E-state index contributed by atoms with van der Waals surface area (Å²) in [5.74, 6) is 0.919. The van der Waals surface area contributed by atoms with Crippen molar-refractivity contribution in [1.82, 2.24) is 4.90 Å². The highest BCUT2D eigenvalue weighted by Crippen LogP contribution is 2.25. The summed E-state index contributed by atoms with van der Waals surface area (Å²) >= 11 is 0. The van der Waals surface area contributed by atoms with Crippen LogP contribution in [-0.2, 0) is 0 Å². The third kappa shape index (κ3) is 3.76. The Balaban J connectivity index is 2.44.